The maximum Gasteiger partial charge on any atom is 0.333 e. The number of ether oxygens (including phenoxy) is 1. The molecule has 0 radical (unpaired) electrons. The number of carboxylic acids is 1. The van der Waals surface area contributed by atoms with Crippen LogP contribution in [0.3, 0.4) is 0 Å². The van der Waals surface area contributed by atoms with Crippen LogP contribution in [0.2, 0.25) is 0 Å². The van der Waals surface area contributed by atoms with Crippen molar-refractivity contribution in [2.24, 2.45) is 5.41 Å². The fourth-order valence-electron chi connectivity index (χ4n) is 0.905. The molecule has 0 heterocycles. The third-order valence-electron chi connectivity index (χ3n) is 1.42. The van der Waals surface area contributed by atoms with Crippen LogP contribution >= 0.6 is 0 Å². The Bertz CT molecular complexity index is 156. The van der Waals surface area contributed by atoms with Gasteiger partial charge in [0, 0.05) is 0 Å². The number of hydrogen-bond donors (Lipinski definition) is 1. The van der Waals surface area contributed by atoms with Crippen molar-refractivity contribution in [1.29, 1.82) is 0 Å². The molecule has 0 fully saturated rings. The minimum atomic E-state index is -0.892. The number of aliphatic carboxylic acids is 1. The van der Waals surface area contributed by atoms with Crippen molar-refractivity contribution in [1.82, 2.24) is 0 Å². The lowest BCUT2D eigenvalue weighted by Gasteiger charge is -2.28. The van der Waals surface area contributed by atoms with Crippen LogP contribution in [0, 0.1) is 5.41 Å². The predicted molar refractivity (Wildman–Crippen MR) is 47.1 cm³/mol. The van der Waals surface area contributed by atoms with Gasteiger partial charge in [-0.05, 0) is 19.3 Å². The fourth-order valence-corrected chi connectivity index (χ4v) is 0.905. The summed E-state index contributed by atoms with van der Waals surface area (Å²) in [7, 11) is 0. The maximum absolute atomic E-state index is 10.8. The summed E-state index contributed by atoms with van der Waals surface area (Å²) >= 11 is 0. The lowest BCUT2D eigenvalue weighted by Crippen LogP contribution is -2.38. The average Bonchev–Trinajstić information content (AvgIpc) is 1.79. The first-order valence-electron chi connectivity index (χ1n) is 4.13. The molecule has 0 spiro atoms. The molecule has 0 aliphatic rings. The zero-order chi connectivity index (χ0) is 9.94. The first-order chi connectivity index (χ1) is 5.25. The highest BCUT2D eigenvalue weighted by Crippen LogP contribution is 2.23. The van der Waals surface area contributed by atoms with E-state index >= 15 is 0 Å². The lowest BCUT2D eigenvalue weighted by atomic mass is 9.89. The third kappa shape index (κ3) is 3.72. The number of rotatable bonds is 3. The zero-order valence-corrected chi connectivity index (χ0v) is 8.42. The molecule has 72 valence electrons. The lowest BCUT2D eigenvalue weighted by molar-refractivity contribution is -0.162. The molecule has 0 bridgehead atoms. The van der Waals surface area contributed by atoms with E-state index in [0.29, 0.717) is 0 Å². The molecule has 1 atom stereocenters. The van der Waals surface area contributed by atoms with Crippen LogP contribution in [0.1, 0.15) is 34.6 Å². The minimum absolute atomic E-state index is 0.0506. The summed E-state index contributed by atoms with van der Waals surface area (Å²) in [4.78, 5) is 10.8. The molecule has 0 rings (SSSR count). The van der Waals surface area contributed by atoms with Gasteiger partial charge in [0.1, 0.15) is 0 Å². The normalized spacial score (nSPS) is 14.8. The first kappa shape index (κ1) is 11.4. The Kier molecular flexibility index (Phi) is 3.71. The zero-order valence-electron chi connectivity index (χ0n) is 8.42. The Labute approximate surface area is 73.7 Å². The molecule has 0 saturated carbocycles. The summed E-state index contributed by atoms with van der Waals surface area (Å²) in [6.07, 6.45) is -0.775. The molecular weight excluding hydrogens is 156 g/mol. The van der Waals surface area contributed by atoms with E-state index in [1.807, 2.05) is 34.6 Å². The SMILES string of the molecule is CC(C)OC(C(=O)O)C(C)(C)C. The van der Waals surface area contributed by atoms with Crippen molar-refractivity contribution in [2.45, 2.75) is 46.8 Å². The van der Waals surface area contributed by atoms with Gasteiger partial charge in [-0.2, -0.15) is 0 Å². The van der Waals surface area contributed by atoms with Crippen molar-refractivity contribution in [3.8, 4) is 0 Å². The Balaban J connectivity index is 4.35. The van der Waals surface area contributed by atoms with E-state index in [1.165, 1.54) is 0 Å². The first-order valence-corrected chi connectivity index (χ1v) is 4.13. The molecule has 0 aromatic heterocycles. The standard InChI is InChI=1S/C9H18O3/c1-6(2)12-7(8(10)11)9(3,4)5/h6-7H,1-5H3,(H,10,11). The second kappa shape index (κ2) is 3.90. The maximum atomic E-state index is 10.8. The summed E-state index contributed by atoms with van der Waals surface area (Å²) in [6, 6.07) is 0. The summed E-state index contributed by atoms with van der Waals surface area (Å²) in [5.74, 6) is -0.892. The van der Waals surface area contributed by atoms with E-state index < -0.39 is 12.1 Å². The van der Waals surface area contributed by atoms with E-state index in [1.54, 1.807) is 0 Å². The topological polar surface area (TPSA) is 46.5 Å². The molecule has 0 saturated heterocycles. The van der Waals surface area contributed by atoms with Gasteiger partial charge in [-0.1, -0.05) is 20.8 Å². The van der Waals surface area contributed by atoms with Crippen LogP contribution in [-0.4, -0.2) is 23.3 Å². The van der Waals surface area contributed by atoms with Crippen molar-refractivity contribution >= 4 is 5.97 Å². The summed E-state index contributed by atoms with van der Waals surface area (Å²) in [5.41, 5.74) is -0.351. The van der Waals surface area contributed by atoms with Gasteiger partial charge >= 0.3 is 5.97 Å². The van der Waals surface area contributed by atoms with Crippen molar-refractivity contribution in [2.75, 3.05) is 0 Å². The minimum Gasteiger partial charge on any atom is -0.479 e. The van der Waals surface area contributed by atoms with Crippen molar-refractivity contribution in [3.05, 3.63) is 0 Å². The van der Waals surface area contributed by atoms with Crippen LogP contribution in [0.15, 0.2) is 0 Å². The van der Waals surface area contributed by atoms with Crippen molar-refractivity contribution < 1.29 is 14.6 Å². The highest BCUT2D eigenvalue weighted by Gasteiger charge is 2.32. The number of carbonyl (C=O) groups is 1. The third-order valence-corrected chi connectivity index (χ3v) is 1.42. The van der Waals surface area contributed by atoms with Gasteiger partial charge in [-0.25, -0.2) is 4.79 Å². The highest BCUT2D eigenvalue weighted by molar-refractivity contribution is 5.73. The second-order valence-electron chi connectivity index (χ2n) is 4.27. The number of carboxylic acid groups (broad SMARTS) is 1. The molecule has 0 amide bonds. The van der Waals surface area contributed by atoms with Gasteiger partial charge in [0.15, 0.2) is 6.10 Å². The van der Waals surface area contributed by atoms with E-state index in [0.717, 1.165) is 0 Å². The van der Waals surface area contributed by atoms with Gasteiger partial charge < -0.3 is 9.84 Å². The Hall–Kier alpha value is -0.570. The van der Waals surface area contributed by atoms with Gasteiger partial charge in [-0.3, -0.25) is 0 Å². The van der Waals surface area contributed by atoms with E-state index in [-0.39, 0.29) is 11.5 Å². The molecular formula is C9H18O3. The molecule has 1 N–H and O–H groups in total. The highest BCUT2D eigenvalue weighted by atomic mass is 16.5. The van der Waals surface area contributed by atoms with E-state index in [4.69, 9.17) is 9.84 Å². The molecule has 0 aliphatic carbocycles. The quantitative estimate of drug-likeness (QED) is 0.711. The van der Waals surface area contributed by atoms with Crippen molar-refractivity contribution in [3.63, 3.8) is 0 Å². The van der Waals surface area contributed by atoms with Crippen LogP contribution in [0.5, 0.6) is 0 Å². The molecule has 3 nitrogen and oxygen atoms in total. The molecule has 1 unspecified atom stereocenters. The molecule has 12 heavy (non-hydrogen) atoms. The summed E-state index contributed by atoms with van der Waals surface area (Å²) in [6.45, 7) is 9.24. The van der Waals surface area contributed by atoms with Gasteiger partial charge in [0.05, 0.1) is 6.10 Å². The number of hydrogen-bond acceptors (Lipinski definition) is 2. The smallest absolute Gasteiger partial charge is 0.333 e. The van der Waals surface area contributed by atoms with Crippen LogP contribution in [0.25, 0.3) is 0 Å². The van der Waals surface area contributed by atoms with Crippen LogP contribution in [0.4, 0.5) is 0 Å². The predicted octanol–water partition coefficient (Wildman–Crippen LogP) is 1.91. The van der Waals surface area contributed by atoms with Gasteiger partial charge in [0.25, 0.3) is 0 Å². The Morgan fingerprint density at radius 3 is 1.83 bits per heavy atom. The van der Waals surface area contributed by atoms with E-state index in [2.05, 4.69) is 0 Å². The summed E-state index contributed by atoms with van der Waals surface area (Å²) < 4.78 is 5.28. The monoisotopic (exact) mass is 174 g/mol. The Morgan fingerprint density at radius 1 is 1.33 bits per heavy atom. The van der Waals surface area contributed by atoms with Gasteiger partial charge in [-0.15, -0.1) is 0 Å². The Morgan fingerprint density at radius 2 is 1.75 bits per heavy atom. The van der Waals surface area contributed by atoms with Crippen LogP contribution in [-0.2, 0) is 9.53 Å². The largest absolute Gasteiger partial charge is 0.479 e. The molecule has 0 aromatic rings. The fraction of sp³-hybridized carbons (Fsp3) is 0.889. The molecule has 0 aromatic carbocycles. The summed E-state index contributed by atoms with van der Waals surface area (Å²) in [5, 5.41) is 8.83. The second-order valence-corrected chi connectivity index (χ2v) is 4.27. The van der Waals surface area contributed by atoms with Gasteiger partial charge in [0.2, 0.25) is 0 Å². The average molecular weight is 174 g/mol. The van der Waals surface area contributed by atoms with E-state index in [9.17, 15) is 4.79 Å². The molecule has 0 aliphatic heterocycles. The molecule has 3 heteroatoms. The van der Waals surface area contributed by atoms with Crippen LogP contribution < -0.4 is 0 Å².